The average Bonchev–Trinajstić information content (AvgIpc) is 2.35. The lowest BCUT2D eigenvalue weighted by Crippen LogP contribution is -2.28. The van der Waals surface area contributed by atoms with E-state index in [1.807, 2.05) is 0 Å². The van der Waals surface area contributed by atoms with E-state index in [1.54, 1.807) is 11.8 Å². The van der Waals surface area contributed by atoms with Crippen LogP contribution in [0.25, 0.3) is 0 Å². The van der Waals surface area contributed by atoms with Crippen LogP contribution < -0.4 is 5.32 Å². The van der Waals surface area contributed by atoms with Gasteiger partial charge >= 0.3 is 5.97 Å². The Hall–Kier alpha value is -1.14. The number of hydrogen-bond acceptors (Lipinski definition) is 5. The molecule has 0 aliphatic carbocycles. The SMILES string of the molecule is CCSCc1nc2c(c(C(=O)O)n1)CCNC2. The van der Waals surface area contributed by atoms with Gasteiger partial charge in [0.2, 0.25) is 0 Å². The molecule has 5 nitrogen and oxygen atoms in total. The predicted octanol–water partition coefficient (Wildman–Crippen LogP) is 1.07. The molecule has 0 bridgehead atoms. The number of aromatic nitrogens is 2. The molecule has 92 valence electrons. The van der Waals surface area contributed by atoms with E-state index in [9.17, 15) is 9.90 Å². The lowest BCUT2D eigenvalue weighted by Gasteiger charge is -2.18. The highest BCUT2D eigenvalue weighted by molar-refractivity contribution is 7.98. The normalized spacial score (nSPS) is 14.4. The molecule has 2 heterocycles. The maximum atomic E-state index is 11.2. The van der Waals surface area contributed by atoms with Gasteiger partial charge in [-0.25, -0.2) is 14.8 Å². The van der Waals surface area contributed by atoms with Crippen molar-refractivity contribution >= 4 is 17.7 Å². The fourth-order valence-electron chi connectivity index (χ4n) is 1.85. The Balaban J connectivity index is 2.37. The Morgan fingerprint density at radius 1 is 1.53 bits per heavy atom. The van der Waals surface area contributed by atoms with E-state index in [2.05, 4.69) is 22.2 Å². The second-order valence-corrected chi connectivity index (χ2v) is 5.06. The van der Waals surface area contributed by atoms with E-state index >= 15 is 0 Å². The molecule has 2 N–H and O–H groups in total. The van der Waals surface area contributed by atoms with Crippen LogP contribution in [0, 0.1) is 0 Å². The standard InChI is InChI=1S/C11H15N3O2S/c1-2-17-6-9-13-8-5-12-4-3-7(8)10(14-9)11(15)16/h12H,2-6H2,1H3,(H,15,16). The summed E-state index contributed by atoms with van der Waals surface area (Å²) in [5.41, 5.74) is 1.82. The molecule has 17 heavy (non-hydrogen) atoms. The molecule has 0 atom stereocenters. The maximum Gasteiger partial charge on any atom is 0.354 e. The van der Waals surface area contributed by atoms with Crippen molar-refractivity contribution in [3.05, 3.63) is 22.8 Å². The molecule has 1 aromatic rings. The summed E-state index contributed by atoms with van der Waals surface area (Å²) in [7, 11) is 0. The zero-order valence-corrected chi connectivity index (χ0v) is 10.5. The van der Waals surface area contributed by atoms with Crippen molar-refractivity contribution in [1.82, 2.24) is 15.3 Å². The summed E-state index contributed by atoms with van der Waals surface area (Å²) < 4.78 is 0. The van der Waals surface area contributed by atoms with Gasteiger partial charge in [-0.3, -0.25) is 0 Å². The third kappa shape index (κ3) is 2.76. The van der Waals surface area contributed by atoms with Crippen molar-refractivity contribution < 1.29 is 9.90 Å². The highest BCUT2D eigenvalue weighted by atomic mass is 32.2. The Labute approximate surface area is 104 Å². The van der Waals surface area contributed by atoms with Crippen LogP contribution in [0.4, 0.5) is 0 Å². The highest BCUT2D eigenvalue weighted by Crippen LogP contribution is 2.18. The molecular formula is C11H15N3O2S. The summed E-state index contributed by atoms with van der Waals surface area (Å²) in [5, 5.41) is 12.4. The number of rotatable bonds is 4. The molecule has 6 heteroatoms. The van der Waals surface area contributed by atoms with Crippen LogP contribution in [0.15, 0.2) is 0 Å². The van der Waals surface area contributed by atoms with Crippen LogP contribution in [0.2, 0.25) is 0 Å². The van der Waals surface area contributed by atoms with Crippen molar-refractivity contribution in [2.45, 2.75) is 25.6 Å². The van der Waals surface area contributed by atoms with Gasteiger partial charge in [-0.15, -0.1) is 0 Å². The maximum absolute atomic E-state index is 11.2. The third-order valence-electron chi connectivity index (χ3n) is 2.62. The fraction of sp³-hybridized carbons (Fsp3) is 0.545. The van der Waals surface area contributed by atoms with Gasteiger partial charge < -0.3 is 10.4 Å². The first-order valence-corrected chi connectivity index (χ1v) is 6.78. The molecule has 0 amide bonds. The zero-order chi connectivity index (χ0) is 12.3. The summed E-state index contributed by atoms with van der Waals surface area (Å²) in [5.74, 6) is 1.32. The fourth-order valence-corrected chi connectivity index (χ4v) is 2.36. The van der Waals surface area contributed by atoms with Gasteiger partial charge in [-0.05, 0) is 18.7 Å². The molecule has 0 saturated carbocycles. The van der Waals surface area contributed by atoms with Crippen LogP contribution in [-0.2, 0) is 18.7 Å². The summed E-state index contributed by atoms with van der Waals surface area (Å²) in [6.45, 7) is 3.49. The molecule has 0 radical (unpaired) electrons. The van der Waals surface area contributed by atoms with E-state index in [0.29, 0.717) is 24.5 Å². The van der Waals surface area contributed by atoms with E-state index in [4.69, 9.17) is 0 Å². The van der Waals surface area contributed by atoms with Gasteiger partial charge in [0, 0.05) is 12.1 Å². The summed E-state index contributed by atoms with van der Waals surface area (Å²) in [6, 6.07) is 0. The van der Waals surface area contributed by atoms with Crippen LogP contribution in [-0.4, -0.2) is 33.3 Å². The second-order valence-electron chi connectivity index (χ2n) is 3.78. The predicted molar refractivity (Wildman–Crippen MR) is 66.2 cm³/mol. The number of carboxylic acid groups (broad SMARTS) is 1. The number of nitrogens with one attached hydrogen (secondary N) is 1. The number of thioether (sulfide) groups is 1. The van der Waals surface area contributed by atoms with Gasteiger partial charge in [0.1, 0.15) is 5.82 Å². The quantitative estimate of drug-likeness (QED) is 0.836. The molecule has 0 fully saturated rings. The lowest BCUT2D eigenvalue weighted by atomic mass is 10.0. The first kappa shape index (κ1) is 12.3. The molecule has 1 aliphatic heterocycles. The molecule has 1 aromatic heterocycles. The first-order chi connectivity index (χ1) is 8.22. The number of aromatic carboxylic acids is 1. The number of fused-ring (bicyclic) bond motifs is 1. The monoisotopic (exact) mass is 253 g/mol. The minimum Gasteiger partial charge on any atom is -0.477 e. The molecule has 0 aromatic carbocycles. The van der Waals surface area contributed by atoms with Crippen molar-refractivity contribution in [1.29, 1.82) is 0 Å². The molecule has 0 spiro atoms. The molecule has 1 aliphatic rings. The zero-order valence-electron chi connectivity index (χ0n) is 9.69. The molecule has 0 saturated heterocycles. The largest absolute Gasteiger partial charge is 0.477 e. The van der Waals surface area contributed by atoms with Crippen molar-refractivity contribution in [3.63, 3.8) is 0 Å². The van der Waals surface area contributed by atoms with Gasteiger partial charge in [0.15, 0.2) is 5.69 Å². The molecule has 0 unspecified atom stereocenters. The Morgan fingerprint density at radius 3 is 3.06 bits per heavy atom. The number of hydrogen-bond donors (Lipinski definition) is 2. The van der Waals surface area contributed by atoms with Gasteiger partial charge in [0.25, 0.3) is 0 Å². The Morgan fingerprint density at radius 2 is 2.35 bits per heavy atom. The average molecular weight is 253 g/mol. The smallest absolute Gasteiger partial charge is 0.354 e. The molecular weight excluding hydrogens is 238 g/mol. The van der Waals surface area contributed by atoms with Gasteiger partial charge in [-0.2, -0.15) is 11.8 Å². The lowest BCUT2D eigenvalue weighted by molar-refractivity contribution is 0.0688. The minimum absolute atomic E-state index is 0.184. The third-order valence-corrected chi connectivity index (χ3v) is 3.49. The Bertz CT molecular complexity index is 437. The van der Waals surface area contributed by atoms with E-state index in [1.165, 1.54) is 0 Å². The van der Waals surface area contributed by atoms with Crippen LogP contribution in [0.1, 0.15) is 34.5 Å². The first-order valence-electron chi connectivity index (χ1n) is 5.62. The van der Waals surface area contributed by atoms with E-state index in [0.717, 1.165) is 23.6 Å². The highest BCUT2D eigenvalue weighted by Gasteiger charge is 2.21. The number of carboxylic acids is 1. The summed E-state index contributed by atoms with van der Waals surface area (Å²) >= 11 is 1.69. The number of carbonyl (C=O) groups is 1. The van der Waals surface area contributed by atoms with Crippen molar-refractivity contribution in [2.24, 2.45) is 0 Å². The minimum atomic E-state index is -0.951. The van der Waals surface area contributed by atoms with Crippen molar-refractivity contribution in [3.8, 4) is 0 Å². The topological polar surface area (TPSA) is 75.1 Å². The Kier molecular flexibility index (Phi) is 3.96. The summed E-state index contributed by atoms with van der Waals surface area (Å²) in [4.78, 5) is 19.8. The van der Waals surface area contributed by atoms with Gasteiger partial charge in [0.05, 0.1) is 11.4 Å². The van der Waals surface area contributed by atoms with Gasteiger partial charge in [-0.1, -0.05) is 6.92 Å². The van der Waals surface area contributed by atoms with Crippen LogP contribution in [0.3, 0.4) is 0 Å². The van der Waals surface area contributed by atoms with E-state index in [-0.39, 0.29) is 5.69 Å². The van der Waals surface area contributed by atoms with Crippen LogP contribution in [0.5, 0.6) is 0 Å². The number of nitrogens with zero attached hydrogens (tertiary/aromatic N) is 2. The van der Waals surface area contributed by atoms with Crippen LogP contribution >= 0.6 is 11.8 Å². The van der Waals surface area contributed by atoms with Crippen molar-refractivity contribution in [2.75, 3.05) is 12.3 Å². The van der Waals surface area contributed by atoms with E-state index < -0.39 is 5.97 Å². The second kappa shape index (κ2) is 5.46. The summed E-state index contributed by atoms with van der Waals surface area (Å²) in [6.07, 6.45) is 0.693. The molecule has 2 rings (SSSR count).